The number of guanidine groups is 1. The molecule has 0 radical (unpaired) electrons. The molecule has 1 fully saturated rings. The van der Waals surface area contributed by atoms with Crippen molar-refractivity contribution in [2.24, 2.45) is 4.99 Å². The normalized spacial score (nSPS) is 19.1. The van der Waals surface area contributed by atoms with E-state index in [0.717, 1.165) is 38.6 Å². The lowest BCUT2D eigenvalue weighted by Crippen LogP contribution is -2.37. The Morgan fingerprint density at radius 2 is 1.94 bits per heavy atom. The molecule has 5 heteroatoms. The molecule has 1 rings (SSSR count). The number of hydrogen-bond acceptors (Lipinski definition) is 2. The highest BCUT2D eigenvalue weighted by molar-refractivity contribution is 14.0. The maximum atomic E-state index is 5.67. The SMILES string of the molecule is CCNC(=NCCC1CCCCO1)NCC.I. The van der Waals surface area contributed by atoms with Gasteiger partial charge < -0.3 is 15.4 Å². The number of rotatable bonds is 5. The third-order valence-electron chi connectivity index (χ3n) is 2.68. The average Bonchev–Trinajstić information content (AvgIpc) is 2.31. The molecule has 0 bridgehead atoms. The van der Waals surface area contributed by atoms with Crippen LogP contribution in [-0.2, 0) is 4.74 Å². The number of halogens is 1. The van der Waals surface area contributed by atoms with Crippen LogP contribution in [0.3, 0.4) is 0 Å². The Hall–Kier alpha value is -0.0400. The summed E-state index contributed by atoms with van der Waals surface area (Å²) in [5.74, 6) is 0.917. The third kappa shape index (κ3) is 7.81. The van der Waals surface area contributed by atoms with Crippen LogP contribution >= 0.6 is 24.0 Å². The number of aliphatic imine (C=N–C) groups is 1. The van der Waals surface area contributed by atoms with E-state index in [4.69, 9.17) is 4.74 Å². The fraction of sp³-hybridized carbons (Fsp3) is 0.917. The van der Waals surface area contributed by atoms with Crippen molar-refractivity contribution < 1.29 is 4.74 Å². The number of ether oxygens (including phenoxy) is 1. The maximum Gasteiger partial charge on any atom is 0.191 e. The summed E-state index contributed by atoms with van der Waals surface area (Å²) in [6.07, 6.45) is 5.21. The minimum Gasteiger partial charge on any atom is -0.378 e. The van der Waals surface area contributed by atoms with E-state index < -0.39 is 0 Å². The number of nitrogens with one attached hydrogen (secondary N) is 2. The number of hydrogen-bond donors (Lipinski definition) is 2. The molecule has 0 aromatic heterocycles. The first-order valence-corrected chi connectivity index (χ1v) is 6.50. The summed E-state index contributed by atoms with van der Waals surface area (Å²) in [6.45, 7) is 7.76. The summed E-state index contributed by atoms with van der Waals surface area (Å²) in [7, 11) is 0. The van der Waals surface area contributed by atoms with E-state index in [1.807, 2.05) is 0 Å². The Bertz CT molecular complexity index is 198. The van der Waals surface area contributed by atoms with E-state index in [9.17, 15) is 0 Å². The molecule has 0 aromatic rings. The molecule has 0 saturated carbocycles. The zero-order chi connectivity index (χ0) is 11.6. The lowest BCUT2D eigenvalue weighted by atomic mass is 10.1. The van der Waals surface area contributed by atoms with Gasteiger partial charge in [0, 0.05) is 26.2 Å². The first kappa shape index (κ1) is 17.0. The second-order valence-electron chi connectivity index (χ2n) is 4.07. The van der Waals surface area contributed by atoms with Gasteiger partial charge in [-0.05, 0) is 39.5 Å². The van der Waals surface area contributed by atoms with Crippen LogP contribution in [-0.4, -0.2) is 38.3 Å². The predicted molar refractivity (Wildman–Crippen MR) is 83.3 cm³/mol. The van der Waals surface area contributed by atoms with Gasteiger partial charge in [-0.15, -0.1) is 24.0 Å². The van der Waals surface area contributed by atoms with Crippen molar-refractivity contribution in [1.82, 2.24) is 10.6 Å². The van der Waals surface area contributed by atoms with Gasteiger partial charge in [0.1, 0.15) is 0 Å². The summed E-state index contributed by atoms with van der Waals surface area (Å²) in [5, 5.41) is 6.44. The second kappa shape index (κ2) is 11.1. The van der Waals surface area contributed by atoms with Gasteiger partial charge in [-0.2, -0.15) is 0 Å². The Morgan fingerprint density at radius 1 is 1.24 bits per heavy atom. The van der Waals surface area contributed by atoms with Crippen LogP contribution in [0.1, 0.15) is 39.5 Å². The van der Waals surface area contributed by atoms with E-state index in [0.29, 0.717) is 6.10 Å². The molecule has 1 aliphatic rings. The van der Waals surface area contributed by atoms with Crippen LogP contribution in [0.25, 0.3) is 0 Å². The van der Waals surface area contributed by atoms with Crippen LogP contribution < -0.4 is 10.6 Å². The summed E-state index contributed by atoms with van der Waals surface area (Å²) in [5.41, 5.74) is 0. The molecule has 0 aliphatic carbocycles. The minimum atomic E-state index is 0. The molecule has 2 N–H and O–H groups in total. The molecular weight excluding hydrogens is 329 g/mol. The minimum absolute atomic E-state index is 0. The molecule has 1 heterocycles. The first-order valence-electron chi connectivity index (χ1n) is 6.50. The fourth-order valence-corrected chi connectivity index (χ4v) is 1.86. The molecule has 102 valence electrons. The van der Waals surface area contributed by atoms with E-state index in [1.54, 1.807) is 0 Å². The molecule has 0 amide bonds. The largest absolute Gasteiger partial charge is 0.378 e. The van der Waals surface area contributed by atoms with Crippen LogP contribution in [0.5, 0.6) is 0 Å². The van der Waals surface area contributed by atoms with Gasteiger partial charge in [-0.1, -0.05) is 0 Å². The van der Waals surface area contributed by atoms with Crippen molar-refractivity contribution in [3.63, 3.8) is 0 Å². The van der Waals surface area contributed by atoms with Gasteiger partial charge in [0.2, 0.25) is 0 Å². The fourth-order valence-electron chi connectivity index (χ4n) is 1.86. The van der Waals surface area contributed by atoms with Crippen molar-refractivity contribution >= 4 is 29.9 Å². The van der Waals surface area contributed by atoms with E-state index >= 15 is 0 Å². The highest BCUT2D eigenvalue weighted by atomic mass is 127. The average molecular weight is 355 g/mol. The van der Waals surface area contributed by atoms with E-state index in [-0.39, 0.29) is 24.0 Å². The smallest absolute Gasteiger partial charge is 0.191 e. The van der Waals surface area contributed by atoms with Gasteiger partial charge in [0.15, 0.2) is 5.96 Å². The zero-order valence-electron chi connectivity index (χ0n) is 11.0. The highest BCUT2D eigenvalue weighted by Crippen LogP contribution is 2.15. The molecule has 0 spiro atoms. The second-order valence-corrected chi connectivity index (χ2v) is 4.07. The topological polar surface area (TPSA) is 45.7 Å². The van der Waals surface area contributed by atoms with Gasteiger partial charge in [-0.25, -0.2) is 0 Å². The predicted octanol–water partition coefficient (Wildman–Crippen LogP) is 2.14. The summed E-state index contributed by atoms with van der Waals surface area (Å²) >= 11 is 0. The summed E-state index contributed by atoms with van der Waals surface area (Å²) in [6, 6.07) is 0. The molecule has 1 unspecified atom stereocenters. The summed E-state index contributed by atoms with van der Waals surface area (Å²) < 4.78 is 5.67. The summed E-state index contributed by atoms with van der Waals surface area (Å²) in [4.78, 5) is 4.51. The number of nitrogens with zero attached hydrogens (tertiary/aromatic N) is 1. The molecule has 1 aliphatic heterocycles. The van der Waals surface area contributed by atoms with E-state index in [1.165, 1.54) is 19.3 Å². The lowest BCUT2D eigenvalue weighted by molar-refractivity contribution is 0.0129. The van der Waals surface area contributed by atoms with Gasteiger partial charge in [-0.3, -0.25) is 4.99 Å². The highest BCUT2D eigenvalue weighted by Gasteiger charge is 2.12. The third-order valence-corrected chi connectivity index (χ3v) is 2.68. The molecule has 17 heavy (non-hydrogen) atoms. The molecular formula is C12H26IN3O. The van der Waals surface area contributed by atoms with Crippen molar-refractivity contribution in [3.05, 3.63) is 0 Å². The molecule has 4 nitrogen and oxygen atoms in total. The molecule has 1 atom stereocenters. The molecule has 0 aromatic carbocycles. The Labute approximate surface area is 122 Å². The Balaban J connectivity index is 0.00000256. The van der Waals surface area contributed by atoms with Crippen LogP contribution in [0, 0.1) is 0 Å². The zero-order valence-corrected chi connectivity index (χ0v) is 13.3. The maximum absolute atomic E-state index is 5.67. The van der Waals surface area contributed by atoms with E-state index in [2.05, 4.69) is 29.5 Å². The lowest BCUT2D eigenvalue weighted by Gasteiger charge is -2.21. The van der Waals surface area contributed by atoms with Crippen molar-refractivity contribution in [2.75, 3.05) is 26.2 Å². The van der Waals surface area contributed by atoms with Crippen LogP contribution in [0.2, 0.25) is 0 Å². The monoisotopic (exact) mass is 355 g/mol. The van der Waals surface area contributed by atoms with Crippen molar-refractivity contribution in [3.8, 4) is 0 Å². The van der Waals surface area contributed by atoms with Crippen molar-refractivity contribution in [1.29, 1.82) is 0 Å². The Morgan fingerprint density at radius 3 is 2.47 bits per heavy atom. The van der Waals surface area contributed by atoms with Gasteiger partial charge in [0.05, 0.1) is 6.10 Å². The molecule has 1 saturated heterocycles. The van der Waals surface area contributed by atoms with Crippen molar-refractivity contribution in [2.45, 2.75) is 45.6 Å². The standard InChI is InChI=1S/C12H25N3O.HI/c1-3-13-12(14-4-2)15-9-8-11-7-5-6-10-16-11;/h11H,3-10H2,1-2H3,(H2,13,14,15);1H. The van der Waals surface area contributed by atoms with Gasteiger partial charge >= 0.3 is 0 Å². The first-order chi connectivity index (χ1) is 7.86. The Kier molecular flexibility index (Phi) is 11.0. The van der Waals surface area contributed by atoms with Gasteiger partial charge in [0.25, 0.3) is 0 Å². The van der Waals surface area contributed by atoms with Crippen LogP contribution in [0.4, 0.5) is 0 Å². The van der Waals surface area contributed by atoms with Crippen LogP contribution in [0.15, 0.2) is 4.99 Å². The quantitative estimate of drug-likeness (QED) is 0.451.